The van der Waals surface area contributed by atoms with E-state index in [2.05, 4.69) is 16.0 Å². The lowest BCUT2D eigenvalue weighted by atomic mass is 10.1. The van der Waals surface area contributed by atoms with Gasteiger partial charge in [-0.05, 0) is 18.8 Å². The Labute approximate surface area is 112 Å². The number of hydrogen-bond acceptors (Lipinski definition) is 3. The van der Waals surface area contributed by atoms with Gasteiger partial charge in [-0.1, -0.05) is 6.92 Å². The van der Waals surface area contributed by atoms with Gasteiger partial charge in [0.05, 0.1) is 0 Å². The molecule has 0 aromatic carbocycles. The van der Waals surface area contributed by atoms with E-state index in [4.69, 9.17) is 5.11 Å². The van der Waals surface area contributed by atoms with Crippen molar-refractivity contribution in [2.24, 2.45) is 5.92 Å². The zero-order chi connectivity index (χ0) is 14.3. The average Bonchev–Trinajstić information content (AvgIpc) is 2.77. The molecule has 1 aliphatic heterocycles. The van der Waals surface area contributed by atoms with E-state index in [1.165, 1.54) is 0 Å². The Bertz CT molecular complexity index is 346. The Kier molecular flexibility index (Phi) is 6.11. The van der Waals surface area contributed by atoms with E-state index in [-0.39, 0.29) is 30.3 Å². The van der Waals surface area contributed by atoms with Crippen molar-refractivity contribution in [1.29, 1.82) is 0 Å². The SMILES string of the molecule is CC(CCC(=O)O)CNC(=O)NCC1CCC(=O)N1. The lowest BCUT2D eigenvalue weighted by molar-refractivity contribution is -0.137. The first-order valence-corrected chi connectivity index (χ1v) is 6.50. The fourth-order valence-corrected chi connectivity index (χ4v) is 1.85. The summed E-state index contributed by atoms with van der Waals surface area (Å²) in [5, 5.41) is 16.7. The highest BCUT2D eigenvalue weighted by Crippen LogP contribution is 2.05. The zero-order valence-corrected chi connectivity index (χ0v) is 11.1. The fraction of sp³-hybridized carbons (Fsp3) is 0.750. The predicted molar refractivity (Wildman–Crippen MR) is 68.6 cm³/mol. The van der Waals surface area contributed by atoms with E-state index in [1.807, 2.05) is 6.92 Å². The molecule has 2 unspecified atom stereocenters. The first-order chi connectivity index (χ1) is 8.97. The van der Waals surface area contributed by atoms with Crippen molar-refractivity contribution in [3.05, 3.63) is 0 Å². The van der Waals surface area contributed by atoms with Crippen molar-refractivity contribution >= 4 is 17.9 Å². The average molecular weight is 271 g/mol. The van der Waals surface area contributed by atoms with Crippen molar-refractivity contribution in [1.82, 2.24) is 16.0 Å². The number of hydrogen-bond donors (Lipinski definition) is 4. The Balaban J connectivity index is 2.07. The van der Waals surface area contributed by atoms with Gasteiger partial charge in [0.1, 0.15) is 0 Å². The van der Waals surface area contributed by atoms with E-state index < -0.39 is 5.97 Å². The molecule has 0 aromatic heterocycles. The summed E-state index contributed by atoms with van der Waals surface area (Å²) >= 11 is 0. The Hall–Kier alpha value is -1.79. The molecule has 0 aromatic rings. The number of nitrogens with one attached hydrogen (secondary N) is 3. The minimum absolute atomic E-state index is 0.0164. The molecule has 108 valence electrons. The lowest BCUT2D eigenvalue weighted by Gasteiger charge is -2.14. The normalized spacial score (nSPS) is 19.6. The van der Waals surface area contributed by atoms with Crippen molar-refractivity contribution in [3.8, 4) is 0 Å². The predicted octanol–water partition coefficient (Wildman–Crippen LogP) is 0.0651. The molecule has 1 saturated heterocycles. The van der Waals surface area contributed by atoms with Crippen molar-refractivity contribution in [2.75, 3.05) is 13.1 Å². The first-order valence-electron chi connectivity index (χ1n) is 6.50. The lowest BCUT2D eigenvalue weighted by Crippen LogP contribution is -2.44. The van der Waals surface area contributed by atoms with Crippen LogP contribution in [0, 0.1) is 5.92 Å². The molecular formula is C12H21N3O4. The molecule has 0 bridgehead atoms. The van der Waals surface area contributed by atoms with Crippen molar-refractivity contribution < 1.29 is 19.5 Å². The van der Waals surface area contributed by atoms with E-state index in [0.717, 1.165) is 6.42 Å². The molecule has 7 heteroatoms. The minimum Gasteiger partial charge on any atom is -0.481 e. The second-order valence-corrected chi connectivity index (χ2v) is 4.93. The number of carboxylic acid groups (broad SMARTS) is 1. The van der Waals surface area contributed by atoms with Gasteiger partial charge in [-0.15, -0.1) is 0 Å². The van der Waals surface area contributed by atoms with Gasteiger partial charge in [-0.3, -0.25) is 9.59 Å². The standard InChI is InChI=1S/C12H21N3O4/c1-8(2-5-11(17)18)6-13-12(19)14-7-9-3-4-10(16)15-9/h8-9H,2-7H2,1H3,(H,15,16)(H,17,18)(H2,13,14,19). The van der Waals surface area contributed by atoms with Crippen LogP contribution in [0.25, 0.3) is 0 Å². The van der Waals surface area contributed by atoms with Crippen LogP contribution in [0.3, 0.4) is 0 Å². The van der Waals surface area contributed by atoms with E-state index >= 15 is 0 Å². The fourth-order valence-electron chi connectivity index (χ4n) is 1.85. The quantitative estimate of drug-likeness (QED) is 0.525. The molecule has 0 spiro atoms. The van der Waals surface area contributed by atoms with Crippen molar-refractivity contribution in [3.63, 3.8) is 0 Å². The number of amides is 3. The summed E-state index contributed by atoms with van der Waals surface area (Å²) in [6, 6.07) is -0.272. The largest absolute Gasteiger partial charge is 0.481 e. The summed E-state index contributed by atoms with van der Waals surface area (Å²) in [7, 11) is 0. The Morgan fingerprint density at radius 1 is 1.47 bits per heavy atom. The van der Waals surface area contributed by atoms with Gasteiger partial charge in [-0.2, -0.15) is 0 Å². The number of carbonyl (C=O) groups excluding carboxylic acids is 2. The van der Waals surface area contributed by atoms with Gasteiger partial charge < -0.3 is 21.1 Å². The summed E-state index contributed by atoms with van der Waals surface area (Å²) in [4.78, 5) is 32.8. The molecule has 7 nitrogen and oxygen atoms in total. The molecule has 19 heavy (non-hydrogen) atoms. The second kappa shape index (κ2) is 7.60. The first kappa shape index (κ1) is 15.3. The van der Waals surface area contributed by atoms with Gasteiger partial charge in [0, 0.05) is 32.0 Å². The summed E-state index contributed by atoms with van der Waals surface area (Å²) in [5.74, 6) is -0.684. The van der Waals surface area contributed by atoms with Crippen LogP contribution < -0.4 is 16.0 Å². The number of urea groups is 1. The molecule has 0 radical (unpaired) electrons. The molecule has 0 saturated carbocycles. The maximum absolute atomic E-state index is 11.5. The Morgan fingerprint density at radius 3 is 2.79 bits per heavy atom. The molecule has 1 aliphatic rings. The van der Waals surface area contributed by atoms with E-state index in [0.29, 0.717) is 25.9 Å². The molecule has 4 N–H and O–H groups in total. The van der Waals surface area contributed by atoms with Gasteiger partial charge in [0.25, 0.3) is 0 Å². The highest BCUT2D eigenvalue weighted by Gasteiger charge is 2.20. The van der Waals surface area contributed by atoms with Crippen LogP contribution in [0.2, 0.25) is 0 Å². The van der Waals surface area contributed by atoms with Crippen LogP contribution in [0.5, 0.6) is 0 Å². The number of aliphatic carboxylic acids is 1. The number of rotatable bonds is 7. The summed E-state index contributed by atoms with van der Waals surface area (Å²) in [5.41, 5.74) is 0. The number of carbonyl (C=O) groups is 3. The molecule has 1 fully saturated rings. The van der Waals surface area contributed by atoms with Crippen LogP contribution in [-0.2, 0) is 9.59 Å². The van der Waals surface area contributed by atoms with Crippen molar-refractivity contribution in [2.45, 2.75) is 38.6 Å². The molecule has 2 atom stereocenters. The highest BCUT2D eigenvalue weighted by molar-refractivity contribution is 5.79. The van der Waals surface area contributed by atoms with Crippen LogP contribution in [0.1, 0.15) is 32.6 Å². The molecular weight excluding hydrogens is 250 g/mol. The van der Waals surface area contributed by atoms with Crippen LogP contribution in [0.15, 0.2) is 0 Å². The van der Waals surface area contributed by atoms with E-state index in [1.54, 1.807) is 0 Å². The van der Waals surface area contributed by atoms with E-state index in [9.17, 15) is 14.4 Å². The molecule has 1 heterocycles. The minimum atomic E-state index is -0.826. The third kappa shape index (κ3) is 6.64. The van der Waals surface area contributed by atoms with Gasteiger partial charge >= 0.3 is 12.0 Å². The third-order valence-corrected chi connectivity index (χ3v) is 3.06. The topological polar surface area (TPSA) is 108 Å². The molecule has 3 amide bonds. The Morgan fingerprint density at radius 2 is 2.21 bits per heavy atom. The van der Waals surface area contributed by atoms with Gasteiger partial charge in [-0.25, -0.2) is 4.79 Å². The summed E-state index contributed by atoms with van der Waals surface area (Å²) in [6.45, 7) is 2.75. The maximum Gasteiger partial charge on any atom is 0.314 e. The summed E-state index contributed by atoms with van der Waals surface area (Å²) < 4.78 is 0. The van der Waals surface area contributed by atoms with Crippen LogP contribution >= 0.6 is 0 Å². The second-order valence-electron chi connectivity index (χ2n) is 4.93. The molecule has 0 aliphatic carbocycles. The zero-order valence-electron chi connectivity index (χ0n) is 11.1. The van der Waals surface area contributed by atoms with Gasteiger partial charge in [0.15, 0.2) is 0 Å². The number of carboxylic acids is 1. The smallest absolute Gasteiger partial charge is 0.314 e. The monoisotopic (exact) mass is 271 g/mol. The van der Waals surface area contributed by atoms with Gasteiger partial charge in [0.2, 0.25) is 5.91 Å². The summed E-state index contributed by atoms with van der Waals surface area (Å²) in [6.07, 6.45) is 1.90. The highest BCUT2D eigenvalue weighted by atomic mass is 16.4. The maximum atomic E-state index is 11.5. The third-order valence-electron chi connectivity index (χ3n) is 3.06. The van der Waals surface area contributed by atoms with Crippen LogP contribution in [0.4, 0.5) is 4.79 Å². The molecule has 1 rings (SSSR count). The van der Waals surface area contributed by atoms with Crippen LogP contribution in [-0.4, -0.2) is 42.1 Å².